The maximum absolute atomic E-state index is 13.4. The first-order valence-electron chi connectivity index (χ1n) is 9.79. The third kappa shape index (κ3) is 4.01. The molecule has 2 aromatic rings. The summed E-state index contributed by atoms with van der Waals surface area (Å²) in [5, 5.41) is 13.5. The van der Waals surface area contributed by atoms with Gasteiger partial charge >= 0.3 is 0 Å². The van der Waals surface area contributed by atoms with E-state index in [4.69, 9.17) is 0 Å². The van der Waals surface area contributed by atoms with Gasteiger partial charge in [0.1, 0.15) is 0 Å². The molecule has 0 saturated carbocycles. The predicted octanol–water partition coefficient (Wildman–Crippen LogP) is 4.05. The Bertz CT molecular complexity index is 956. The van der Waals surface area contributed by atoms with E-state index in [1.807, 2.05) is 25.3 Å². The van der Waals surface area contributed by atoms with Gasteiger partial charge in [0.2, 0.25) is 5.78 Å². The first-order chi connectivity index (χ1) is 13.8. The van der Waals surface area contributed by atoms with Crippen LogP contribution in [0.3, 0.4) is 0 Å². The van der Waals surface area contributed by atoms with Crippen molar-refractivity contribution in [3.63, 3.8) is 0 Å². The number of carbonyl (C=O) groups excluding carboxylic acids is 2. The quantitative estimate of drug-likeness (QED) is 0.636. The van der Waals surface area contributed by atoms with Crippen molar-refractivity contribution in [1.29, 1.82) is 0 Å². The van der Waals surface area contributed by atoms with E-state index in [0.717, 1.165) is 28.5 Å². The number of hydrogen-bond acceptors (Lipinski definition) is 7. The number of rotatable bonds is 8. The summed E-state index contributed by atoms with van der Waals surface area (Å²) in [6, 6.07) is 1.42. The van der Waals surface area contributed by atoms with Crippen LogP contribution in [0.2, 0.25) is 0 Å². The molecule has 0 bridgehead atoms. The van der Waals surface area contributed by atoms with Crippen LogP contribution in [0.4, 0.5) is 0 Å². The molecule has 3 heterocycles. The Morgan fingerprint density at radius 2 is 1.97 bits per heavy atom. The van der Waals surface area contributed by atoms with Crippen molar-refractivity contribution in [2.45, 2.75) is 40.7 Å². The second-order valence-electron chi connectivity index (χ2n) is 7.13. The topological polar surface area (TPSA) is 73.7 Å². The zero-order chi connectivity index (χ0) is 21.3. The molecule has 0 aliphatic carbocycles. The molecule has 1 unspecified atom stereocenters. The summed E-state index contributed by atoms with van der Waals surface area (Å²) in [5.74, 6) is -1.21. The number of aromatic nitrogens is 1. The highest BCUT2D eigenvalue weighted by Gasteiger charge is 2.45. The van der Waals surface area contributed by atoms with Crippen molar-refractivity contribution in [2.24, 2.45) is 0 Å². The maximum atomic E-state index is 13.4. The second kappa shape index (κ2) is 8.77. The van der Waals surface area contributed by atoms with E-state index in [9.17, 15) is 14.7 Å². The average molecular weight is 434 g/mol. The predicted molar refractivity (Wildman–Crippen MR) is 117 cm³/mol. The Morgan fingerprint density at radius 1 is 1.28 bits per heavy atom. The van der Waals surface area contributed by atoms with Gasteiger partial charge in [-0.2, -0.15) is 0 Å². The zero-order valence-electron chi connectivity index (χ0n) is 17.5. The number of carbonyl (C=O) groups is 2. The highest BCUT2D eigenvalue weighted by Crippen LogP contribution is 2.42. The van der Waals surface area contributed by atoms with Crippen molar-refractivity contribution in [1.82, 2.24) is 14.8 Å². The number of hydrogen-bond donors (Lipinski definition) is 1. The molecule has 0 radical (unpaired) electrons. The molecule has 6 nitrogen and oxygen atoms in total. The summed E-state index contributed by atoms with van der Waals surface area (Å²) in [6.45, 7) is 12.7. The van der Waals surface area contributed by atoms with Gasteiger partial charge in [-0.1, -0.05) is 13.8 Å². The molecule has 0 aromatic carbocycles. The molecule has 29 heavy (non-hydrogen) atoms. The molecule has 1 aliphatic rings. The van der Waals surface area contributed by atoms with Crippen LogP contribution in [0.5, 0.6) is 0 Å². The van der Waals surface area contributed by atoms with Crippen LogP contribution in [0.1, 0.15) is 50.7 Å². The zero-order valence-corrected chi connectivity index (χ0v) is 19.1. The minimum Gasteiger partial charge on any atom is -0.503 e. The Hall–Kier alpha value is -2.03. The van der Waals surface area contributed by atoms with Gasteiger partial charge in [0, 0.05) is 18.0 Å². The molecular formula is C21H27N3O3S2. The number of nitrogens with zero attached hydrogens (tertiary/aromatic N) is 3. The van der Waals surface area contributed by atoms with Gasteiger partial charge in [0.15, 0.2) is 5.76 Å². The van der Waals surface area contributed by atoms with E-state index in [-0.39, 0.29) is 11.4 Å². The van der Waals surface area contributed by atoms with E-state index in [0.29, 0.717) is 23.7 Å². The van der Waals surface area contributed by atoms with Crippen LogP contribution < -0.4 is 0 Å². The average Bonchev–Trinajstić information content (AvgIpc) is 3.33. The molecule has 1 amide bonds. The van der Waals surface area contributed by atoms with E-state index in [1.165, 1.54) is 22.7 Å². The van der Waals surface area contributed by atoms with Crippen LogP contribution in [-0.4, -0.2) is 57.8 Å². The highest BCUT2D eigenvalue weighted by atomic mass is 32.1. The first-order valence-corrected chi connectivity index (χ1v) is 11.5. The van der Waals surface area contributed by atoms with Crippen molar-refractivity contribution in [3.8, 4) is 0 Å². The molecule has 8 heteroatoms. The fourth-order valence-corrected chi connectivity index (χ4v) is 5.63. The lowest BCUT2D eigenvalue weighted by Crippen LogP contribution is -2.38. The summed E-state index contributed by atoms with van der Waals surface area (Å²) < 4.78 is 0. The number of ketones is 1. The molecule has 1 atom stereocenters. The van der Waals surface area contributed by atoms with Crippen molar-refractivity contribution in [3.05, 3.63) is 48.8 Å². The number of aliphatic hydroxyl groups excluding tert-OH is 1. The monoisotopic (exact) mass is 433 g/mol. The third-order valence-corrected chi connectivity index (χ3v) is 7.50. The van der Waals surface area contributed by atoms with Gasteiger partial charge in [0.25, 0.3) is 5.91 Å². The summed E-state index contributed by atoms with van der Waals surface area (Å²) in [4.78, 5) is 36.0. The number of aliphatic hydroxyl groups is 1. The standard InChI is InChI=1S/C21H27N3O3S2/c1-6-23(7-2)9-10-24-16(19-12(3)8-11-28-19)15(18(26)21(24)27)17(25)20-13(4)22-14(5)29-20/h8,11,16,26H,6-7,9-10H2,1-5H3. The van der Waals surface area contributed by atoms with E-state index in [2.05, 4.69) is 23.7 Å². The minimum absolute atomic E-state index is 0.173. The van der Waals surface area contributed by atoms with Crippen LogP contribution in [0.15, 0.2) is 22.8 Å². The Morgan fingerprint density at radius 3 is 2.48 bits per heavy atom. The largest absolute Gasteiger partial charge is 0.503 e. The van der Waals surface area contributed by atoms with Gasteiger partial charge < -0.3 is 14.9 Å². The molecule has 2 aromatic heterocycles. The van der Waals surface area contributed by atoms with E-state index >= 15 is 0 Å². The van der Waals surface area contributed by atoms with Gasteiger partial charge in [-0.3, -0.25) is 9.59 Å². The number of thiazole rings is 1. The number of aryl methyl sites for hydroxylation is 3. The summed E-state index contributed by atoms with van der Waals surface area (Å²) >= 11 is 2.81. The van der Waals surface area contributed by atoms with E-state index < -0.39 is 17.7 Å². The minimum atomic E-state index is -0.563. The second-order valence-corrected chi connectivity index (χ2v) is 9.29. The van der Waals surface area contributed by atoms with Crippen molar-refractivity contribution < 1.29 is 14.7 Å². The lowest BCUT2D eigenvalue weighted by Gasteiger charge is -2.29. The van der Waals surface area contributed by atoms with Crippen LogP contribution >= 0.6 is 22.7 Å². The fraction of sp³-hybridized carbons (Fsp3) is 0.476. The van der Waals surface area contributed by atoms with E-state index in [1.54, 1.807) is 11.8 Å². The van der Waals surface area contributed by atoms with Crippen LogP contribution in [0.25, 0.3) is 0 Å². The van der Waals surface area contributed by atoms with Gasteiger partial charge in [-0.15, -0.1) is 22.7 Å². The molecule has 1 aliphatic heterocycles. The lowest BCUT2D eigenvalue weighted by atomic mass is 9.98. The maximum Gasteiger partial charge on any atom is 0.290 e. The van der Waals surface area contributed by atoms with Gasteiger partial charge in [-0.05, 0) is 50.9 Å². The molecule has 1 N–H and O–H groups in total. The number of amides is 1. The molecule has 0 fully saturated rings. The SMILES string of the molecule is CCN(CC)CCN1C(=O)C(O)=C(C(=O)c2sc(C)nc2C)C1c1sccc1C. The Labute approximate surface area is 179 Å². The van der Waals surface area contributed by atoms with Crippen LogP contribution in [0, 0.1) is 20.8 Å². The molecular weight excluding hydrogens is 406 g/mol. The lowest BCUT2D eigenvalue weighted by molar-refractivity contribution is -0.129. The first kappa shape index (κ1) is 21.7. The van der Waals surface area contributed by atoms with Crippen molar-refractivity contribution >= 4 is 34.4 Å². The fourth-order valence-electron chi connectivity index (χ4n) is 3.71. The molecule has 0 saturated heterocycles. The Kier molecular flexibility index (Phi) is 6.55. The third-order valence-electron chi connectivity index (χ3n) is 5.36. The van der Waals surface area contributed by atoms with Crippen molar-refractivity contribution in [2.75, 3.05) is 26.2 Å². The normalized spacial score (nSPS) is 17.1. The summed E-state index contributed by atoms with van der Waals surface area (Å²) in [6.07, 6.45) is 0. The van der Waals surface area contributed by atoms with Gasteiger partial charge in [-0.25, -0.2) is 4.98 Å². The number of Topliss-reactive ketones (excluding diaryl/α,β-unsaturated/α-hetero) is 1. The number of thiophene rings is 1. The molecule has 156 valence electrons. The molecule has 0 spiro atoms. The number of likely N-dealkylation sites (N-methyl/N-ethyl adjacent to an activating group) is 1. The Balaban J connectivity index is 2.03. The highest BCUT2D eigenvalue weighted by molar-refractivity contribution is 7.14. The van der Waals surface area contributed by atoms with Gasteiger partial charge in [0.05, 0.1) is 27.2 Å². The molecule has 3 rings (SSSR count). The van der Waals surface area contributed by atoms with Crippen LogP contribution in [-0.2, 0) is 4.79 Å². The summed E-state index contributed by atoms with van der Waals surface area (Å²) in [5.41, 5.74) is 1.82. The smallest absolute Gasteiger partial charge is 0.290 e. The summed E-state index contributed by atoms with van der Waals surface area (Å²) in [7, 11) is 0.